The predicted octanol–water partition coefficient (Wildman–Crippen LogP) is 3.59. The Balaban J connectivity index is 1.75. The molecule has 1 saturated heterocycles. The number of esters is 2. The standard InChI is InChI=1S/C30H32O8/c1-20(31)36-27-26(34-3)25(38-29(33)28(27)37-21(2)32)19-35-30(22-13-7-4-8-14-22,23-15-9-5-10-16-23)24-17-11-6-12-18-24/h4-18,25-29,33H,19H2,1-3H3. The maximum Gasteiger partial charge on any atom is 0.303 e. The Hall–Kier alpha value is -3.56. The monoisotopic (exact) mass is 520 g/mol. The molecule has 1 aliphatic rings. The minimum Gasteiger partial charge on any atom is -0.455 e. The normalized spacial score (nSPS) is 23.4. The smallest absolute Gasteiger partial charge is 0.303 e. The largest absolute Gasteiger partial charge is 0.455 e. The Kier molecular flexibility index (Phi) is 8.91. The van der Waals surface area contributed by atoms with Crippen LogP contribution in [0.5, 0.6) is 0 Å². The molecule has 8 heteroatoms. The van der Waals surface area contributed by atoms with E-state index in [1.807, 2.05) is 91.0 Å². The fraction of sp³-hybridized carbons (Fsp3) is 0.333. The van der Waals surface area contributed by atoms with Crippen LogP contribution in [0.4, 0.5) is 0 Å². The minimum atomic E-state index is -1.57. The molecule has 1 heterocycles. The van der Waals surface area contributed by atoms with Crippen molar-refractivity contribution in [3.8, 4) is 0 Å². The number of hydrogen-bond acceptors (Lipinski definition) is 8. The summed E-state index contributed by atoms with van der Waals surface area (Å²) in [6, 6.07) is 29.4. The van der Waals surface area contributed by atoms with Crippen LogP contribution in [0.25, 0.3) is 0 Å². The quantitative estimate of drug-likeness (QED) is 0.338. The van der Waals surface area contributed by atoms with Gasteiger partial charge in [-0.2, -0.15) is 0 Å². The zero-order chi connectivity index (χ0) is 27.1. The summed E-state index contributed by atoms with van der Waals surface area (Å²) in [4.78, 5) is 23.6. The molecular weight excluding hydrogens is 488 g/mol. The summed E-state index contributed by atoms with van der Waals surface area (Å²) >= 11 is 0. The summed E-state index contributed by atoms with van der Waals surface area (Å²) in [5.41, 5.74) is 1.62. The van der Waals surface area contributed by atoms with Crippen LogP contribution in [0, 0.1) is 0 Å². The van der Waals surface area contributed by atoms with E-state index < -0.39 is 48.2 Å². The second-order valence-electron chi connectivity index (χ2n) is 9.00. The van der Waals surface area contributed by atoms with Gasteiger partial charge in [0.15, 0.2) is 18.5 Å². The molecular formula is C30H32O8. The van der Waals surface area contributed by atoms with E-state index in [0.29, 0.717) is 0 Å². The Morgan fingerprint density at radius 1 is 0.737 bits per heavy atom. The molecule has 8 nitrogen and oxygen atoms in total. The summed E-state index contributed by atoms with van der Waals surface area (Å²) in [7, 11) is 1.43. The van der Waals surface area contributed by atoms with Gasteiger partial charge in [-0.15, -0.1) is 0 Å². The lowest BCUT2D eigenvalue weighted by Gasteiger charge is -2.44. The fourth-order valence-corrected chi connectivity index (χ4v) is 4.93. The Labute approximate surface area is 222 Å². The van der Waals surface area contributed by atoms with Crippen LogP contribution in [0.3, 0.4) is 0 Å². The highest BCUT2D eigenvalue weighted by Crippen LogP contribution is 2.41. The summed E-state index contributed by atoms with van der Waals surface area (Å²) in [6.45, 7) is 2.37. The van der Waals surface area contributed by atoms with Crippen molar-refractivity contribution in [2.75, 3.05) is 13.7 Å². The molecule has 0 radical (unpaired) electrons. The van der Waals surface area contributed by atoms with Crippen molar-refractivity contribution >= 4 is 11.9 Å². The van der Waals surface area contributed by atoms with E-state index in [2.05, 4.69) is 0 Å². The van der Waals surface area contributed by atoms with Gasteiger partial charge in [0.05, 0.1) is 6.61 Å². The molecule has 200 valence electrons. The number of carbonyl (C=O) groups is 2. The van der Waals surface area contributed by atoms with Gasteiger partial charge in [0, 0.05) is 21.0 Å². The lowest BCUT2D eigenvalue weighted by Crippen LogP contribution is -2.62. The average Bonchev–Trinajstić information content (AvgIpc) is 2.92. The van der Waals surface area contributed by atoms with Crippen LogP contribution in [-0.2, 0) is 38.9 Å². The van der Waals surface area contributed by atoms with Crippen LogP contribution >= 0.6 is 0 Å². The molecule has 1 N–H and O–H groups in total. The van der Waals surface area contributed by atoms with Crippen LogP contribution in [0.1, 0.15) is 30.5 Å². The molecule has 0 saturated carbocycles. The Bertz CT molecular complexity index is 1090. The Morgan fingerprint density at radius 2 is 1.16 bits per heavy atom. The third-order valence-electron chi connectivity index (χ3n) is 6.49. The molecule has 0 spiro atoms. The van der Waals surface area contributed by atoms with Crippen molar-refractivity contribution < 1.29 is 38.4 Å². The summed E-state index contributed by atoms with van der Waals surface area (Å²) in [5, 5.41) is 10.8. The van der Waals surface area contributed by atoms with E-state index in [4.69, 9.17) is 23.7 Å². The number of carbonyl (C=O) groups excluding carboxylic acids is 2. The third kappa shape index (κ3) is 5.79. The highest BCUT2D eigenvalue weighted by Gasteiger charge is 2.51. The van der Waals surface area contributed by atoms with Gasteiger partial charge in [-0.1, -0.05) is 91.0 Å². The van der Waals surface area contributed by atoms with Gasteiger partial charge >= 0.3 is 11.9 Å². The first kappa shape index (κ1) is 27.5. The summed E-state index contributed by atoms with van der Waals surface area (Å²) < 4.78 is 29.0. The topological polar surface area (TPSA) is 101 Å². The molecule has 1 aliphatic heterocycles. The van der Waals surface area contributed by atoms with Gasteiger partial charge in [-0.05, 0) is 16.7 Å². The van der Waals surface area contributed by atoms with Crippen molar-refractivity contribution in [2.45, 2.75) is 50.2 Å². The first-order valence-electron chi connectivity index (χ1n) is 12.4. The van der Waals surface area contributed by atoms with Crippen molar-refractivity contribution in [3.05, 3.63) is 108 Å². The molecule has 4 rings (SSSR count). The van der Waals surface area contributed by atoms with E-state index in [0.717, 1.165) is 16.7 Å². The third-order valence-corrected chi connectivity index (χ3v) is 6.49. The molecule has 1 fully saturated rings. The molecule has 38 heavy (non-hydrogen) atoms. The van der Waals surface area contributed by atoms with Crippen LogP contribution in [0.2, 0.25) is 0 Å². The number of methoxy groups -OCH3 is 1. The van der Waals surface area contributed by atoms with E-state index >= 15 is 0 Å². The highest BCUT2D eigenvalue weighted by atomic mass is 16.7. The van der Waals surface area contributed by atoms with Gasteiger partial charge in [0.2, 0.25) is 0 Å². The van der Waals surface area contributed by atoms with Crippen molar-refractivity contribution in [1.82, 2.24) is 0 Å². The predicted molar refractivity (Wildman–Crippen MR) is 138 cm³/mol. The zero-order valence-corrected chi connectivity index (χ0v) is 21.6. The maximum absolute atomic E-state index is 11.9. The van der Waals surface area contributed by atoms with Gasteiger partial charge in [-0.25, -0.2) is 0 Å². The van der Waals surface area contributed by atoms with Crippen molar-refractivity contribution in [1.29, 1.82) is 0 Å². The lowest BCUT2D eigenvalue weighted by atomic mass is 9.80. The SMILES string of the molecule is COC1C(COC(c2ccccc2)(c2ccccc2)c2ccccc2)OC(O)C(OC(C)=O)C1OC(C)=O. The molecule has 0 aliphatic carbocycles. The van der Waals surface area contributed by atoms with E-state index in [1.165, 1.54) is 21.0 Å². The minimum absolute atomic E-state index is 0.0567. The molecule has 0 aromatic heterocycles. The molecule has 5 unspecified atom stereocenters. The van der Waals surface area contributed by atoms with Crippen LogP contribution < -0.4 is 0 Å². The highest BCUT2D eigenvalue weighted by molar-refractivity contribution is 5.67. The second kappa shape index (κ2) is 12.3. The van der Waals surface area contributed by atoms with E-state index in [1.54, 1.807) is 0 Å². The number of aliphatic hydroxyl groups is 1. The van der Waals surface area contributed by atoms with Gasteiger partial charge in [0.25, 0.3) is 0 Å². The number of aliphatic hydroxyl groups excluding tert-OH is 1. The molecule has 3 aromatic rings. The Morgan fingerprint density at radius 3 is 1.55 bits per heavy atom. The van der Waals surface area contributed by atoms with Crippen LogP contribution in [-0.4, -0.2) is 61.5 Å². The maximum atomic E-state index is 11.9. The average molecular weight is 521 g/mol. The number of rotatable bonds is 9. The van der Waals surface area contributed by atoms with Crippen LogP contribution in [0.15, 0.2) is 91.0 Å². The summed E-state index contributed by atoms with van der Waals surface area (Å²) in [6.07, 6.45) is -5.71. The molecule has 0 amide bonds. The molecule has 0 bridgehead atoms. The van der Waals surface area contributed by atoms with Crippen molar-refractivity contribution in [2.24, 2.45) is 0 Å². The fourth-order valence-electron chi connectivity index (χ4n) is 4.93. The van der Waals surface area contributed by atoms with Gasteiger partial charge < -0.3 is 28.8 Å². The van der Waals surface area contributed by atoms with Gasteiger partial charge in [0.1, 0.15) is 17.8 Å². The first-order valence-corrected chi connectivity index (χ1v) is 12.4. The van der Waals surface area contributed by atoms with E-state index in [9.17, 15) is 14.7 Å². The number of ether oxygens (including phenoxy) is 5. The second-order valence-corrected chi connectivity index (χ2v) is 9.00. The number of hydrogen-bond donors (Lipinski definition) is 1. The molecule has 3 aromatic carbocycles. The lowest BCUT2D eigenvalue weighted by molar-refractivity contribution is -0.301. The summed E-state index contributed by atoms with van der Waals surface area (Å²) in [5.74, 6) is -1.27. The van der Waals surface area contributed by atoms with E-state index in [-0.39, 0.29) is 6.61 Å². The molecule has 5 atom stereocenters. The number of benzene rings is 3. The first-order chi connectivity index (χ1) is 18.4. The van der Waals surface area contributed by atoms with Crippen molar-refractivity contribution in [3.63, 3.8) is 0 Å². The van der Waals surface area contributed by atoms with Gasteiger partial charge in [-0.3, -0.25) is 9.59 Å². The zero-order valence-electron chi connectivity index (χ0n) is 21.6.